The summed E-state index contributed by atoms with van der Waals surface area (Å²) < 4.78 is 6.26. The Kier molecular flexibility index (Phi) is 6.15. The third kappa shape index (κ3) is 4.57. The third-order valence-electron chi connectivity index (χ3n) is 9.51. The SMILES string of the molecule is c1ccc2cc(-c3nc(-c4cccc5c(-c6ccc7ccccc7c6)cccc45)nc(-c4cccc5oc6ccccc6c45)n3)ccc2c1. The van der Waals surface area contributed by atoms with Gasteiger partial charge in [0, 0.05) is 27.5 Å². The van der Waals surface area contributed by atoms with Crippen molar-refractivity contribution < 1.29 is 4.42 Å². The molecule has 2 aromatic heterocycles. The number of fused-ring (bicyclic) bond motifs is 6. The minimum absolute atomic E-state index is 0.605. The number of hydrogen-bond acceptors (Lipinski definition) is 4. The molecule has 10 aromatic rings. The highest BCUT2D eigenvalue weighted by atomic mass is 16.3. The van der Waals surface area contributed by atoms with Crippen molar-refractivity contribution in [1.82, 2.24) is 15.0 Å². The molecule has 0 fully saturated rings. The van der Waals surface area contributed by atoms with Gasteiger partial charge in [-0.1, -0.05) is 140 Å². The first-order valence-electron chi connectivity index (χ1n) is 16.4. The molecule has 228 valence electrons. The molecule has 0 unspecified atom stereocenters. The van der Waals surface area contributed by atoms with Gasteiger partial charge in [-0.2, -0.15) is 0 Å². The number of aromatic nitrogens is 3. The van der Waals surface area contributed by atoms with Crippen LogP contribution in [0.15, 0.2) is 168 Å². The van der Waals surface area contributed by atoms with E-state index >= 15 is 0 Å². The molecular weight excluding hydrogens is 599 g/mol. The van der Waals surface area contributed by atoms with E-state index in [2.05, 4.69) is 133 Å². The van der Waals surface area contributed by atoms with Gasteiger partial charge in [0.1, 0.15) is 11.2 Å². The van der Waals surface area contributed by atoms with Crippen LogP contribution < -0.4 is 0 Å². The zero-order valence-electron chi connectivity index (χ0n) is 26.3. The van der Waals surface area contributed by atoms with Gasteiger partial charge >= 0.3 is 0 Å². The molecular formula is C45H27N3O. The van der Waals surface area contributed by atoms with Gasteiger partial charge in [-0.25, -0.2) is 15.0 Å². The van der Waals surface area contributed by atoms with Crippen molar-refractivity contribution >= 4 is 54.3 Å². The predicted molar refractivity (Wildman–Crippen MR) is 201 cm³/mol. The van der Waals surface area contributed by atoms with Gasteiger partial charge in [0.15, 0.2) is 17.5 Å². The van der Waals surface area contributed by atoms with Crippen molar-refractivity contribution in [3.05, 3.63) is 164 Å². The van der Waals surface area contributed by atoms with Crippen molar-refractivity contribution in [2.75, 3.05) is 0 Å². The van der Waals surface area contributed by atoms with Crippen molar-refractivity contribution in [2.45, 2.75) is 0 Å². The van der Waals surface area contributed by atoms with E-state index < -0.39 is 0 Å². The Hall–Kier alpha value is -6.65. The molecule has 8 aromatic carbocycles. The molecule has 0 saturated heterocycles. The molecule has 0 aliphatic rings. The first-order chi connectivity index (χ1) is 24.3. The Balaban J connectivity index is 1.22. The van der Waals surface area contributed by atoms with E-state index in [1.807, 2.05) is 30.3 Å². The number of rotatable bonds is 4. The topological polar surface area (TPSA) is 51.8 Å². The van der Waals surface area contributed by atoms with Crippen LogP contribution in [0.5, 0.6) is 0 Å². The molecule has 0 spiro atoms. The molecule has 49 heavy (non-hydrogen) atoms. The first-order valence-corrected chi connectivity index (χ1v) is 16.4. The van der Waals surface area contributed by atoms with E-state index in [0.29, 0.717) is 17.5 Å². The summed E-state index contributed by atoms with van der Waals surface area (Å²) in [5, 5.41) is 9.02. The highest BCUT2D eigenvalue weighted by Gasteiger charge is 2.19. The van der Waals surface area contributed by atoms with Gasteiger partial charge in [0.05, 0.1) is 0 Å². The Bertz CT molecular complexity index is 2900. The summed E-state index contributed by atoms with van der Waals surface area (Å²) in [5.41, 5.74) is 6.78. The summed E-state index contributed by atoms with van der Waals surface area (Å²) in [7, 11) is 0. The summed E-state index contributed by atoms with van der Waals surface area (Å²) in [4.78, 5) is 15.6. The summed E-state index contributed by atoms with van der Waals surface area (Å²) in [5.74, 6) is 1.85. The molecule has 0 atom stereocenters. The second-order valence-corrected chi connectivity index (χ2v) is 12.4. The molecule has 0 N–H and O–H groups in total. The number of benzene rings is 8. The lowest BCUT2D eigenvalue weighted by molar-refractivity contribution is 0.669. The van der Waals surface area contributed by atoms with Crippen LogP contribution in [-0.2, 0) is 0 Å². The molecule has 0 aliphatic heterocycles. The van der Waals surface area contributed by atoms with Crippen LogP contribution in [0.25, 0.3) is 99.5 Å². The quantitative estimate of drug-likeness (QED) is 0.195. The average Bonchev–Trinajstić information content (AvgIpc) is 3.56. The summed E-state index contributed by atoms with van der Waals surface area (Å²) in [6, 6.07) is 57.0. The van der Waals surface area contributed by atoms with Gasteiger partial charge in [-0.3, -0.25) is 0 Å². The Morgan fingerprint density at radius 3 is 1.61 bits per heavy atom. The molecule has 4 heteroatoms. The third-order valence-corrected chi connectivity index (χ3v) is 9.51. The zero-order valence-corrected chi connectivity index (χ0v) is 26.3. The van der Waals surface area contributed by atoms with E-state index in [1.54, 1.807) is 0 Å². The normalized spacial score (nSPS) is 11.7. The maximum absolute atomic E-state index is 6.26. The highest BCUT2D eigenvalue weighted by molar-refractivity contribution is 6.12. The van der Waals surface area contributed by atoms with Crippen LogP contribution in [0.3, 0.4) is 0 Å². The Morgan fingerprint density at radius 2 is 0.837 bits per heavy atom. The fraction of sp³-hybridized carbons (Fsp3) is 0. The number of para-hydroxylation sites is 1. The van der Waals surface area contributed by atoms with Crippen LogP contribution in [0.1, 0.15) is 0 Å². The van der Waals surface area contributed by atoms with Crippen molar-refractivity contribution in [3.8, 4) is 45.3 Å². The Labute approximate surface area is 282 Å². The van der Waals surface area contributed by atoms with Gasteiger partial charge in [-0.15, -0.1) is 0 Å². The summed E-state index contributed by atoms with van der Waals surface area (Å²) >= 11 is 0. The molecule has 10 rings (SSSR count). The van der Waals surface area contributed by atoms with Gasteiger partial charge in [0.25, 0.3) is 0 Å². The number of nitrogens with zero attached hydrogens (tertiary/aromatic N) is 3. The lowest BCUT2D eigenvalue weighted by atomic mass is 9.94. The van der Waals surface area contributed by atoms with E-state index in [0.717, 1.165) is 54.8 Å². The minimum Gasteiger partial charge on any atom is -0.456 e. The van der Waals surface area contributed by atoms with Gasteiger partial charge in [0.2, 0.25) is 0 Å². The lowest BCUT2D eigenvalue weighted by Gasteiger charge is -2.13. The van der Waals surface area contributed by atoms with Crippen molar-refractivity contribution in [1.29, 1.82) is 0 Å². The number of furan rings is 1. The summed E-state index contributed by atoms with van der Waals surface area (Å²) in [6.45, 7) is 0. The molecule has 0 aliphatic carbocycles. The Morgan fingerprint density at radius 1 is 0.327 bits per heavy atom. The standard InChI is InChI=1S/C45H27N3O/c1-3-12-30-26-32(24-22-28(30)10-1)34-15-7-17-36-35(34)16-8-18-37(36)44-46-43(33-25-23-29-11-2-4-13-31(29)27-33)47-45(48-44)39-19-9-21-41-42(39)38-14-5-6-20-40(38)49-41/h1-27H. The molecule has 0 bridgehead atoms. The van der Waals surface area contributed by atoms with Crippen molar-refractivity contribution in [3.63, 3.8) is 0 Å². The van der Waals surface area contributed by atoms with Crippen LogP contribution in [0, 0.1) is 0 Å². The van der Waals surface area contributed by atoms with Crippen LogP contribution in [-0.4, -0.2) is 15.0 Å². The lowest BCUT2D eigenvalue weighted by Crippen LogP contribution is -2.01. The maximum atomic E-state index is 6.26. The van der Waals surface area contributed by atoms with Crippen LogP contribution >= 0.6 is 0 Å². The number of hydrogen-bond donors (Lipinski definition) is 0. The zero-order chi connectivity index (χ0) is 32.3. The second-order valence-electron chi connectivity index (χ2n) is 12.4. The van der Waals surface area contributed by atoms with Crippen LogP contribution in [0.4, 0.5) is 0 Å². The largest absolute Gasteiger partial charge is 0.456 e. The smallest absolute Gasteiger partial charge is 0.164 e. The molecule has 0 radical (unpaired) electrons. The fourth-order valence-electron chi connectivity index (χ4n) is 7.15. The van der Waals surface area contributed by atoms with Gasteiger partial charge < -0.3 is 4.42 Å². The fourth-order valence-corrected chi connectivity index (χ4v) is 7.15. The highest BCUT2D eigenvalue weighted by Crippen LogP contribution is 2.39. The predicted octanol–water partition coefficient (Wildman–Crippen LogP) is 11.9. The minimum atomic E-state index is 0.605. The van der Waals surface area contributed by atoms with E-state index in [-0.39, 0.29) is 0 Å². The molecule has 0 amide bonds. The van der Waals surface area contributed by atoms with E-state index in [4.69, 9.17) is 19.4 Å². The van der Waals surface area contributed by atoms with Gasteiger partial charge in [-0.05, 0) is 67.7 Å². The second kappa shape index (κ2) is 11.0. The van der Waals surface area contributed by atoms with Crippen molar-refractivity contribution in [2.24, 2.45) is 0 Å². The maximum Gasteiger partial charge on any atom is 0.164 e. The summed E-state index contributed by atoms with van der Waals surface area (Å²) in [6.07, 6.45) is 0. The monoisotopic (exact) mass is 625 g/mol. The molecule has 2 heterocycles. The molecule has 4 nitrogen and oxygen atoms in total. The molecule has 0 saturated carbocycles. The van der Waals surface area contributed by atoms with Crippen LogP contribution in [0.2, 0.25) is 0 Å². The van der Waals surface area contributed by atoms with E-state index in [9.17, 15) is 0 Å². The average molecular weight is 626 g/mol. The van der Waals surface area contributed by atoms with E-state index in [1.165, 1.54) is 27.3 Å². The first kappa shape index (κ1) is 27.5.